The maximum atomic E-state index is 5.89. The molecular formula is C15H13ClN4O2. The van der Waals surface area contributed by atoms with Crippen molar-refractivity contribution in [1.82, 2.24) is 15.4 Å². The van der Waals surface area contributed by atoms with Crippen LogP contribution in [0.25, 0.3) is 6.08 Å². The van der Waals surface area contributed by atoms with Crippen molar-refractivity contribution >= 4 is 23.5 Å². The van der Waals surface area contributed by atoms with Crippen LogP contribution in [0.2, 0.25) is 5.28 Å². The van der Waals surface area contributed by atoms with Crippen molar-refractivity contribution in [3.63, 3.8) is 0 Å². The molecule has 0 amide bonds. The van der Waals surface area contributed by atoms with Crippen LogP contribution in [0.3, 0.4) is 0 Å². The molecule has 0 fully saturated rings. The van der Waals surface area contributed by atoms with Crippen LogP contribution in [-0.2, 0) is 6.54 Å². The zero-order valence-corrected chi connectivity index (χ0v) is 12.4. The Bertz CT molecular complexity index is 750. The van der Waals surface area contributed by atoms with Gasteiger partial charge in [0.25, 0.3) is 0 Å². The van der Waals surface area contributed by atoms with Gasteiger partial charge in [-0.2, -0.15) is 4.98 Å². The Labute approximate surface area is 132 Å². The van der Waals surface area contributed by atoms with Gasteiger partial charge in [0, 0.05) is 18.3 Å². The zero-order valence-electron chi connectivity index (χ0n) is 11.6. The second kappa shape index (κ2) is 5.47. The highest BCUT2D eigenvalue weighted by Crippen LogP contribution is 2.32. The molecule has 4 rings (SSSR count). The van der Waals surface area contributed by atoms with Crippen LogP contribution in [0.1, 0.15) is 11.1 Å². The molecule has 0 radical (unpaired) electrons. The monoisotopic (exact) mass is 316 g/mol. The number of hydrogen-bond acceptors (Lipinski definition) is 6. The Morgan fingerprint density at radius 3 is 3.14 bits per heavy atom. The van der Waals surface area contributed by atoms with Gasteiger partial charge in [0.05, 0.1) is 6.54 Å². The van der Waals surface area contributed by atoms with Crippen LogP contribution in [0.15, 0.2) is 30.5 Å². The van der Waals surface area contributed by atoms with Crippen LogP contribution in [0, 0.1) is 0 Å². The largest absolute Gasteiger partial charge is 0.454 e. The molecule has 3 heterocycles. The fourth-order valence-corrected chi connectivity index (χ4v) is 2.57. The molecule has 1 N–H and O–H groups in total. The third-order valence-corrected chi connectivity index (χ3v) is 3.70. The van der Waals surface area contributed by atoms with Crippen molar-refractivity contribution in [3.05, 3.63) is 46.9 Å². The van der Waals surface area contributed by atoms with E-state index >= 15 is 0 Å². The van der Waals surface area contributed by atoms with Gasteiger partial charge in [0.2, 0.25) is 12.1 Å². The topological polar surface area (TPSA) is 59.5 Å². The van der Waals surface area contributed by atoms with Crippen LogP contribution >= 0.6 is 11.6 Å². The lowest BCUT2D eigenvalue weighted by Gasteiger charge is -2.27. The fraction of sp³-hybridized carbons (Fsp3) is 0.200. The molecule has 0 saturated carbocycles. The molecule has 0 atom stereocenters. The van der Waals surface area contributed by atoms with Gasteiger partial charge in [0.15, 0.2) is 17.3 Å². The lowest BCUT2D eigenvalue weighted by atomic mass is 10.2. The second-order valence-electron chi connectivity index (χ2n) is 4.95. The molecule has 2 aliphatic rings. The average molecular weight is 317 g/mol. The van der Waals surface area contributed by atoms with Gasteiger partial charge >= 0.3 is 0 Å². The smallest absolute Gasteiger partial charge is 0.231 e. The Kier molecular flexibility index (Phi) is 3.32. The summed E-state index contributed by atoms with van der Waals surface area (Å²) < 4.78 is 10.7. The van der Waals surface area contributed by atoms with Crippen molar-refractivity contribution in [2.75, 3.05) is 18.3 Å². The maximum Gasteiger partial charge on any atom is 0.231 e. The van der Waals surface area contributed by atoms with Crippen molar-refractivity contribution in [1.29, 1.82) is 0 Å². The molecule has 0 unspecified atom stereocenters. The number of nitrogens with one attached hydrogen (secondary N) is 1. The van der Waals surface area contributed by atoms with Crippen molar-refractivity contribution in [2.24, 2.45) is 0 Å². The van der Waals surface area contributed by atoms with E-state index in [4.69, 9.17) is 21.1 Å². The average Bonchev–Trinajstić information content (AvgIpc) is 3.00. The summed E-state index contributed by atoms with van der Waals surface area (Å²) in [4.78, 5) is 8.29. The molecule has 112 valence electrons. The van der Waals surface area contributed by atoms with Crippen LogP contribution in [0.5, 0.6) is 11.5 Å². The number of hydrogen-bond donors (Lipinski definition) is 1. The summed E-state index contributed by atoms with van der Waals surface area (Å²) in [6.07, 6.45) is 5.76. The fourth-order valence-electron chi connectivity index (χ4n) is 2.44. The lowest BCUT2D eigenvalue weighted by Crippen LogP contribution is -2.40. The third-order valence-electron chi connectivity index (χ3n) is 3.52. The van der Waals surface area contributed by atoms with Crippen LogP contribution in [0.4, 0.5) is 5.82 Å². The number of fused-ring (bicyclic) bond motifs is 2. The predicted octanol–water partition coefficient (Wildman–Crippen LogP) is 2.40. The molecule has 0 aliphatic carbocycles. The molecular weight excluding hydrogens is 304 g/mol. The van der Waals surface area contributed by atoms with Gasteiger partial charge in [-0.25, -0.2) is 10.4 Å². The molecule has 0 saturated heterocycles. The number of hydrazine groups is 1. The number of ether oxygens (including phenoxy) is 2. The van der Waals surface area contributed by atoms with E-state index in [2.05, 4.69) is 15.4 Å². The predicted molar refractivity (Wildman–Crippen MR) is 82.8 cm³/mol. The lowest BCUT2D eigenvalue weighted by molar-refractivity contribution is 0.174. The van der Waals surface area contributed by atoms with Gasteiger partial charge in [-0.15, -0.1) is 0 Å². The van der Waals surface area contributed by atoms with E-state index in [0.29, 0.717) is 13.1 Å². The zero-order chi connectivity index (χ0) is 14.9. The normalized spacial score (nSPS) is 15.0. The van der Waals surface area contributed by atoms with Crippen molar-refractivity contribution in [2.45, 2.75) is 6.54 Å². The number of nitrogens with zero attached hydrogens (tertiary/aromatic N) is 3. The Morgan fingerprint density at radius 1 is 1.27 bits per heavy atom. The summed E-state index contributed by atoms with van der Waals surface area (Å²) in [7, 11) is 0. The van der Waals surface area contributed by atoms with E-state index in [1.54, 1.807) is 6.20 Å². The molecule has 2 aromatic rings. The van der Waals surface area contributed by atoms with E-state index in [9.17, 15) is 0 Å². The quantitative estimate of drug-likeness (QED) is 0.878. The first-order chi connectivity index (χ1) is 10.8. The van der Waals surface area contributed by atoms with E-state index in [1.807, 2.05) is 35.4 Å². The number of anilines is 1. The molecule has 7 heteroatoms. The minimum atomic E-state index is 0.240. The maximum absolute atomic E-state index is 5.89. The van der Waals surface area contributed by atoms with Gasteiger partial charge in [-0.1, -0.05) is 18.2 Å². The van der Waals surface area contributed by atoms with Crippen LogP contribution in [-0.4, -0.2) is 23.3 Å². The molecule has 2 aliphatic heterocycles. The first kappa shape index (κ1) is 13.4. The number of aromatic nitrogens is 2. The summed E-state index contributed by atoms with van der Waals surface area (Å²) in [6.45, 7) is 1.64. The second-order valence-corrected chi connectivity index (χ2v) is 5.29. The SMILES string of the molecule is Clc1ncc2c(n1)N(NCc1ccc3c(c1)OCO3)CC=C2. The standard InChI is InChI=1S/C15H13ClN4O2/c16-15-17-8-11-2-1-5-20(14(11)19-15)18-7-10-3-4-12-13(6-10)22-9-21-12/h1-4,6,8,18H,5,7,9H2. The minimum Gasteiger partial charge on any atom is -0.454 e. The number of benzene rings is 1. The highest BCUT2D eigenvalue weighted by Gasteiger charge is 2.17. The Hall–Kier alpha value is -2.31. The molecule has 1 aromatic heterocycles. The van der Waals surface area contributed by atoms with E-state index in [1.165, 1.54) is 0 Å². The van der Waals surface area contributed by atoms with Gasteiger partial charge in [-0.3, -0.25) is 5.01 Å². The van der Waals surface area contributed by atoms with E-state index in [-0.39, 0.29) is 12.1 Å². The Balaban J connectivity index is 1.51. The molecule has 6 nitrogen and oxygen atoms in total. The van der Waals surface area contributed by atoms with E-state index in [0.717, 1.165) is 28.4 Å². The summed E-state index contributed by atoms with van der Waals surface area (Å²) in [5, 5.41) is 2.19. The van der Waals surface area contributed by atoms with Crippen LogP contribution < -0.4 is 19.9 Å². The van der Waals surface area contributed by atoms with Crippen molar-refractivity contribution < 1.29 is 9.47 Å². The summed E-state index contributed by atoms with van der Waals surface area (Å²) >= 11 is 5.89. The Morgan fingerprint density at radius 2 is 2.18 bits per heavy atom. The molecule has 0 bridgehead atoms. The minimum absolute atomic E-state index is 0.240. The van der Waals surface area contributed by atoms with Gasteiger partial charge < -0.3 is 9.47 Å². The summed E-state index contributed by atoms with van der Waals surface area (Å²) in [6, 6.07) is 5.90. The molecule has 1 aromatic carbocycles. The van der Waals surface area contributed by atoms with Gasteiger partial charge in [-0.05, 0) is 29.3 Å². The summed E-state index contributed by atoms with van der Waals surface area (Å²) in [5.41, 5.74) is 5.39. The van der Waals surface area contributed by atoms with Crippen molar-refractivity contribution in [3.8, 4) is 11.5 Å². The molecule has 22 heavy (non-hydrogen) atoms. The highest BCUT2D eigenvalue weighted by molar-refractivity contribution is 6.28. The number of rotatable bonds is 3. The first-order valence-corrected chi connectivity index (χ1v) is 7.26. The van der Waals surface area contributed by atoms with Gasteiger partial charge in [0.1, 0.15) is 0 Å². The summed E-state index contributed by atoms with van der Waals surface area (Å²) in [5.74, 6) is 2.35. The first-order valence-electron chi connectivity index (χ1n) is 6.88. The van der Waals surface area contributed by atoms with E-state index < -0.39 is 0 Å². The number of halogens is 1. The highest BCUT2D eigenvalue weighted by atomic mass is 35.5. The molecule has 0 spiro atoms. The third kappa shape index (κ3) is 2.47.